The van der Waals surface area contributed by atoms with Crippen molar-refractivity contribution >= 4 is 11.6 Å². The number of benzene rings is 2. The van der Waals surface area contributed by atoms with Gasteiger partial charge in [0.05, 0.1) is 0 Å². The number of anilines is 1. The Bertz CT molecular complexity index is 994. The molecule has 3 rings (SSSR count). The highest BCUT2D eigenvalue weighted by Crippen LogP contribution is 2.25. The minimum absolute atomic E-state index is 0.0273. The smallest absolute Gasteiger partial charge is 0.387 e. The van der Waals surface area contributed by atoms with Gasteiger partial charge in [-0.1, -0.05) is 18.2 Å². The van der Waals surface area contributed by atoms with Gasteiger partial charge in [-0.2, -0.15) is 8.78 Å². The summed E-state index contributed by atoms with van der Waals surface area (Å²) in [6.07, 6.45) is 0. The molecule has 152 valence electrons. The SMILES string of the molecule is Cc1cc(OC(F)F)ccc1NC(=O)c1ccc(COc2c(C)cccc2C)o1. The molecule has 3 aromatic rings. The Hall–Kier alpha value is -3.35. The van der Waals surface area contributed by atoms with Crippen molar-refractivity contribution in [3.05, 3.63) is 76.7 Å². The number of ether oxygens (including phenoxy) is 2. The molecule has 0 bridgehead atoms. The molecule has 5 nitrogen and oxygen atoms in total. The first-order valence-corrected chi connectivity index (χ1v) is 8.98. The van der Waals surface area contributed by atoms with E-state index >= 15 is 0 Å². The molecule has 0 saturated carbocycles. The maximum absolute atomic E-state index is 12.4. The number of hydrogen-bond acceptors (Lipinski definition) is 4. The van der Waals surface area contributed by atoms with Crippen molar-refractivity contribution in [1.82, 2.24) is 0 Å². The van der Waals surface area contributed by atoms with Crippen LogP contribution in [0.2, 0.25) is 0 Å². The standard InChI is InChI=1S/C22H21F2NO4/c1-13-5-4-6-14(2)20(13)27-12-17-8-10-19(28-17)21(26)25-18-9-7-16(11-15(18)3)29-22(23)24/h4-11,22H,12H2,1-3H3,(H,25,26). The van der Waals surface area contributed by atoms with Crippen molar-refractivity contribution < 1.29 is 27.5 Å². The van der Waals surface area contributed by atoms with Gasteiger partial charge in [-0.05, 0) is 67.8 Å². The molecule has 0 radical (unpaired) electrons. The summed E-state index contributed by atoms with van der Waals surface area (Å²) in [4.78, 5) is 12.4. The first-order valence-electron chi connectivity index (χ1n) is 8.98. The van der Waals surface area contributed by atoms with Gasteiger partial charge in [-0.25, -0.2) is 0 Å². The van der Waals surface area contributed by atoms with Gasteiger partial charge >= 0.3 is 6.61 Å². The summed E-state index contributed by atoms with van der Waals surface area (Å²) in [5, 5.41) is 2.70. The van der Waals surface area contributed by atoms with Gasteiger partial charge in [0, 0.05) is 5.69 Å². The lowest BCUT2D eigenvalue weighted by Gasteiger charge is -2.11. The van der Waals surface area contributed by atoms with Crippen molar-refractivity contribution in [2.24, 2.45) is 0 Å². The van der Waals surface area contributed by atoms with Gasteiger partial charge in [0.25, 0.3) is 5.91 Å². The number of amides is 1. The van der Waals surface area contributed by atoms with E-state index in [2.05, 4.69) is 10.1 Å². The number of nitrogens with one attached hydrogen (secondary N) is 1. The molecule has 0 aliphatic rings. The quantitative estimate of drug-likeness (QED) is 0.557. The number of halogens is 2. The van der Waals surface area contributed by atoms with Crippen molar-refractivity contribution in [2.75, 3.05) is 5.32 Å². The Balaban J connectivity index is 1.63. The van der Waals surface area contributed by atoms with Crippen LogP contribution in [0.15, 0.2) is 52.9 Å². The van der Waals surface area contributed by atoms with Crippen LogP contribution in [0.25, 0.3) is 0 Å². The highest BCUT2D eigenvalue weighted by atomic mass is 19.3. The maximum Gasteiger partial charge on any atom is 0.387 e. The van der Waals surface area contributed by atoms with E-state index in [0.717, 1.165) is 16.9 Å². The fourth-order valence-corrected chi connectivity index (χ4v) is 2.88. The third-order valence-electron chi connectivity index (χ3n) is 4.32. The highest BCUT2D eigenvalue weighted by molar-refractivity contribution is 6.02. The van der Waals surface area contributed by atoms with E-state index in [-0.39, 0.29) is 18.1 Å². The van der Waals surface area contributed by atoms with Gasteiger partial charge in [0.2, 0.25) is 0 Å². The van der Waals surface area contributed by atoms with Crippen LogP contribution >= 0.6 is 0 Å². The lowest BCUT2D eigenvalue weighted by molar-refractivity contribution is -0.0498. The second-order valence-corrected chi connectivity index (χ2v) is 6.58. The number of aryl methyl sites for hydroxylation is 3. The second kappa shape index (κ2) is 8.77. The van der Waals surface area contributed by atoms with Crippen LogP contribution < -0.4 is 14.8 Å². The molecule has 1 heterocycles. The monoisotopic (exact) mass is 401 g/mol. The summed E-state index contributed by atoms with van der Waals surface area (Å²) in [6, 6.07) is 13.4. The molecular weight excluding hydrogens is 380 g/mol. The fourth-order valence-electron chi connectivity index (χ4n) is 2.88. The summed E-state index contributed by atoms with van der Waals surface area (Å²) in [7, 11) is 0. The minimum atomic E-state index is -2.90. The third kappa shape index (κ3) is 5.13. The normalized spacial score (nSPS) is 10.8. The van der Waals surface area contributed by atoms with Gasteiger partial charge in [-0.15, -0.1) is 0 Å². The average molecular weight is 401 g/mol. The molecule has 0 saturated heterocycles. The number of furan rings is 1. The predicted molar refractivity (Wildman–Crippen MR) is 105 cm³/mol. The number of alkyl halides is 2. The minimum Gasteiger partial charge on any atom is -0.485 e. The van der Waals surface area contributed by atoms with E-state index in [0.29, 0.717) is 17.0 Å². The first kappa shape index (κ1) is 20.4. The number of rotatable bonds is 7. The summed E-state index contributed by atoms with van der Waals surface area (Å²) in [6.45, 7) is 2.89. The Morgan fingerprint density at radius 2 is 1.76 bits per heavy atom. The first-order chi connectivity index (χ1) is 13.8. The maximum atomic E-state index is 12.4. The molecule has 1 aromatic heterocycles. The predicted octanol–water partition coefficient (Wildman–Crippen LogP) is 5.64. The Labute approximate surface area is 167 Å². The summed E-state index contributed by atoms with van der Waals surface area (Å²) >= 11 is 0. The van der Waals surface area contributed by atoms with E-state index in [9.17, 15) is 13.6 Å². The summed E-state index contributed by atoms with van der Waals surface area (Å²) < 4.78 is 40.3. The van der Waals surface area contributed by atoms with Crippen LogP contribution in [0.4, 0.5) is 14.5 Å². The van der Waals surface area contributed by atoms with Crippen LogP contribution in [-0.2, 0) is 6.61 Å². The zero-order valence-electron chi connectivity index (χ0n) is 16.3. The molecule has 29 heavy (non-hydrogen) atoms. The van der Waals surface area contributed by atoms with E-state index in [1.54, 1.807) is 19.1 Å². The molecule has 2 aromatic carbocycles. The lowest BCUT2D eigenvalue weighted by Crippen LogP contribution is -2.12. The highest BCUT2D eigenvalue weighted by Gasteiger charge is 2.14. The molecule has 0 spiro atoms. The lowest BCUT2D eigenvalue weighted by atomic mass is 10.1. The van der Waals surface area contributed by atoms with E-state index < -0.39 is 12.5 Å². The molecule has 0 unspecified atom stereocenters. The second-order valence-electron chi connectivity index (χ2n) is 6.58. The Morgan fingerprint density at radius 3 is 2.41 bits per heavy atom. The van der Waals surface area contributed by atoms with Gasteiger partial charge in [0.15, 0.2) is 5.76 Å². The van der Waals surface area contributed by atoms with Gasteiger partial charge in [-0.3, -0.25) is 4.79 Å². The van der Waals surface area contributed by atoms with Crippen molar-refractivity contribution in [3.63, 3.8) is 0 Å². The van der Waals surface area contributed by atoms with Crippen LogP contribution in [0.5, 0.6) is 11.5 Å². The molecule has 0 fully saturated rings. The van der Waals surface area contributed by atoms with Crippen LogP contribution in [-0.4, -0.2) is 12.5 Å². The molecule has 0 aliphatic carbocycles. The van der Waals surface area contributed by atoms with Crippen LogP contribution in [0.1, 0.15) is 33.0 Å². The largest absolute Gasteiger partial charge is 0.485 e. The Kier molecular flexibility index (Phi) is 6.16. The van der Waals surface area contributed by atoms with E-state index in [4.69, 9.17) is 9.15 Å². The average Bonchev–Trinajstić information content (AvgIpc) is 3.12. The number of hydrogen-bond donors (Lipinski definition) is 1. The molecule has 7 heteroatoms. The molecule has 1 N–H and O–H groups in total. The molecule has 1 amide bonds. The fraction of sp³-hybridized carbons (Fsp3) is 0.227. The zero-order chi connectivity index (χ0) is 21.0. The summed E-state index contributed by atoms with van der Waals surface area (Å²) in [5.74, 6) is 0.998. The molecular formula is C22H21F2NO4. The third-order valence-corrected chi connectivity index (χ3v) is 4.32. The van der Waals surface area contributed by atoms with Gasteiger partial charge < -0.3 is 19.2 Å². The van der Waals surface area contributed by atoms with Crippen molar-refractivity contribution in [1.29, 1.82) is 0 Å². The number of para-hydroxylation sites is 1. The van der Waals surface area contributed by atoms with Crippen molar-refractivity contribution in [2.45, 2.75) is 34.0 Å². The number of carbonyl (C=O) groups excluding carboxylic acids is 1. The van der Waals surface area contributed by atoms with E-state index in [1.165, 1.54) is 18.2 Å². The summed E-state index contributed by atoms with van der Waals surface area (Å²) in [5.41, 5.74) is 3.09. The van der Waals surface area contributed by atoms with Crippen molar-refractivity contribution in [3.8, 4) is 11.5 Å². The Morgan fingerprint density at radius 1 is 1.03 bits per heavy atom. The van der Waals surface area contributed by atoms with Crippen LogP contribution in [0, 0.1) is 20.8 Å². The van der Waals surface area contributed by atoms with Crippen LogP contribution in [0.3, 0.4) is 0 Å². The van der Waals surface area contributed by atoms with E-state index in [1.807, 2.05) is 32.0 Å². The zero-order valence-corrected chi connectivity index (χ0v) is 16.3. The molecule has 0 atom stereocenters. The topological polar surface area (TPSA) is 60.7 Å². The van der Waals surface area contributed by atoms with Gasteiger partial charge in [0.1, 0.15) is 23.9 Å². The molecule has 0 aliphatic heterocycles. The number of carbonyl (C=O) groups is 1.